The van der Waals surface area contributed by atoms with Gasteiger partial charge in [0.1, 0.15) is 17.7 Å². The summed E-state index contributed by atoms with van der Waals surface area (Å²) in [5.41, 5.74) is 1.59. The van der Waals surface area contributed by atoms with Crippen LogP contribution in [0.4, 0.5) is 10.5 Å². The number of hydrogen-bond donors (Lipinski definition) is 2. The van der Waals surface area contributed by atoms with Crippen LogP contribution in [0.1, 0.15) is 71.0 Å². The SMILES string of the molecule is CCCCCN(C(=O)C(C)NC(=O)OC(C)(C)C)C(C(=O)Nc1ccc2ccccc2c1)c1ccccc1C. The van der Waals surface area contributed by atoms with Crippen molar-refractivity contribution in [1.82, 2.24) is 10.2 Å². The van der Waals surface area contributed by atoms with Crippen LogP contribution in [0.3, 0.4) is 0 Å². The predicted molar refractivity (Wildman–Crippen MR) is 157 cm³/mol. The first-order valence-corrected chi connectivity index (χ1v) is 13.7. The summed E-state index contributed by atoms with van der Waals surface area (Å²) >= 11 is 0. The van der Waals surface area contributed by atoms with Crippen LogP contribution < -0.4 is 10.6 Å². The zero-order valence-corrected chi connectivity index (χ0v) is 23.9. The number of alkyl carbamates (subject to hydrolysis) is 1. The van der Waals surface area contributed by atoms with Gasteiger partial charge in [-0.1, -0.05) is 74.4 Å². The number of carbonyl (C=O) groups excluding carboxylic acids is 3. The molecule has 0 heterocycles. The molecule has 0 saturated heterocycles. The molecule has 0 aliphatic heterocycles. The van der Waals surface area contributed by atoms with E-state index in [-0.39, 0.29) is 11.8 Å². The molecule has 3 amide bonds. The number of anilines is 1. The van der Waals surface area contributed by atoms with Gasteiger partial charge in [0.2, 0.25) is 5.91 Å². The molecule has 0 spiro atoms. The number of aryl methyl sites for hydroxylation is 1. The number of nitrogens with one attached hydrogen (secondary N) is 2. The van der Waals surface area contributed by atoms with Crippen LogP contribution in [0.2, 0.25) is 0 Å². The molecular formula is C32H41N3O4. The van der Waals surface area contributed by atoms with E-state index in [9.17, 15) is 14.4 Å². The average molecular weight is 532 g/mol. The number of nitrogens with zero attached hydrogens (tertiary/aromatic N) is 1. The molecule has 7 nitrogen and oxygen atoms in total. The van der Waals surface area contributed by atoms with E-state index in [1.54, 1.807) is 32.6 Å². The number of hydrogen-bond acceptors (Lipinski definition) is 4. The van der Waals surface area contributed by atoms with Crippen molar-refractivity contribution in [1.29, 1.82) is 0 Å². The van der Waals surface area contributed by atoms with Crippen LogP contribution in [0.15, 0.2) is 66.7 Å². The Morgan fingerprint density at radius 1 is 0.923 bits per heavy atom. The Morgan fingerprint density at radius 3 is 2.26 bits per heavy atom. The smallest absolute Gasteiger partial charge is 0.408 e. The number of fused-ring (bicyclic) bond motifs is 1. The summed E-state index contributed by atoms with van der Waals surface area (Å²) in [5.74, 6) is -0.659. The lowest BCUT2D eigenvalue weighted by molar-refractivity contribution is -0.140. The zero-order chi connectivity index (χ0) is 28.6. The van der Waals surface area contributed by atoms with Gasteiger partial charge >= 0.3 is 6.09 Å². The Bertz CT molecular complexity index is 1300. The van der Waals surface area contributed by atoms with Gasteiger partial charge < -0.3 is 20.3 Å². The Morgan fingerprint density at radius 2 is 1.59 bits per heavy atom. The van der Waals surface area contributed by atoms with Gasteiger partial charge in [0.05, 0.1) is 0 Å². The van der Waals surface area contributed by atoms with E-state index >= 15 is 0 Å². The first kappa shape index (κ1) is 29.7. The highest BCUT2D eigenvalue weighted by Gasteiger charge is 2.35. The normalized spacial score (nSPS) is 12.9. The Balaban J connectivity index is 1.96. The van der Waals surface area contributed by atoms with Crippen molar-refractivity contribution >= 4 is 34.4 Å². The van der Waals surface area contributed by atoms with Crippen LogP contribution >= 0.6 is 0 Å². The minimum absolute atomic E-state index is 0.311. The molecule has 2 N–H and O–H groups in total. The average Bonchev–Trinajstić information content (AvgIpc) is 2.87. The molecule has 0 saturated carbocycles. The fourth-order valence-corrected chi connectivity index (χ4v) is 4.52. The molecule has 0 aliphatic rings. The van der Waals surface area contributed by atoms with E-state index < -0.39 is 23.8 Å². The van der Waals surface area contributed by atoms with Gasteiger partial charge in [-0.3, -0.25) is 9.59 Å². The van der Waals surface area contributed by atoms with Gasteiger partial charge in [0.25, 0.3) is 5.91 Å². The minimum Gasteiger partial charge on any atom is -0.444 e. The molecule has 0 fully saturated rings. The van der Waals surface area contributed by atoms with E-state index in [0.717, 1.165) is 41.2 Å². The quantitative estimate of drug-likeness (QED) is 0.283. The van der Waals surface area contributed by atoms with Crippen LogP contribution in [-0.2, 0) is 14.3 Å². The molecule has 0 aliphatic carbocycles. The summed E-state index contributed by atoms with van der Waals surface area (Å²) in [4.78, 5) is 41.9. The van der Waals surface area contributed by atoms with Gasteiger partial charge in [-0.15, -0.1) is 0 Å². The lowest BCUT2D eigenvalue weighted by Crippen LogP contribution is -2.51. The molecular weight excluding hydrogens is 490 g/mol. The van der Waals surface area contributed by atoms with Crippen LogP contribution in [0.5, 0.6) is 0 Å². The minimum atomic E-state index is -0.888. The molecule has 3 aromatic rings. The lowest BCUT2D eigenvalue weighted by atomic mass is 9.97. The van der Waals surface area contributed by atoms with Crippen LogP contribution in [0.25, 0.3) is 10.8 Å². The maximum absolute atomic E-state index is 14.0. The third-order valence-electron chi connectivity index (χ3n) is 6.45. The van der Waals surface area contributed by atoms with Crippen LogP contribution in [0, 0.1) is 6.92 Å². The molecule has 2 atom stereocenters. The molecule has 2 unspecified atom stereocenters. The van der Waals surface area contributed by atoms with Crippen molar-refractivity contribution in [3.8, 4) is 0 Å². The largest absolute Gasteiger partial charge is 0.444 e. The monoisotopic (exact) mass is 531 g/mol. The maximum Gasteiger partial charge on any atom is 0.408 e. The second kappa shape index (κ2) is 13.3. The molecule has 7 heteroatoms. The highest BCUT2D eigenvalue weighted by molar-refractivity contribution is 6.00. The van der Waals surface area contributed by atoms with Crippen molar-refractivity contribution < 1.29 is 19.1 Å². The third-order valence-corrected chi connectivity index (χ3v) is 6.45. The van der Waals surface area contributed by atoms with Gasteiger partial charge in [-0.25, -0.2) is 4.79 Å². The highest BCUT2D eigenvalue weighted by atomic mass is 16.6. The summed E-state index contributed by atoms with van der Waals surface area (Å²) in [6, 6.07) is 19.5. The van der Waals surface area contributed by atoms with Crippen molar-refractivity contribution in [2.75, 3.05) is 11.9 Å². The van der Waals surface area contributed by atoms with E-state index in [1.165, 1.54) is 0 Å². The Labute approximate surface area is 231 Å². The summed E-state index contributed by atoms with van der Waals surface area (Å²) < 4.78 is 5.36. The van der Waals surface area contributed by atoms with Gasteiger partial charge in [-0.05, 0) is 75.1 Å². The third kappa shape index (κ3) is 8.31. The standard InChI is InChI=1S/C32H41N3O4/c1-7-8-13-20-35(30(37)23(3)33-31(38)39-32(4,5)6)28(27-17-12-9-14-22(27)2)29(36)34-26-19-18-24-15-10-11-16-25(24)21-26/h9-12,14-19,21,23,28H,7-8,13,20H2,1-6H3,(H,33,38)(H,34,36). The molecule has 39 heavy (non-hydrogen) atoms. The summed E-state index contributed by atoms with van der Waals surface area (Å²) in [6.07, 6.45) is 1.92. The molecule has 3 aromatic carbocycles. The van der Waals surface area contributed by atoms with E-state index in [1.807, 2.05) is 73.7 Å². The lowest BCUT2D eigenvalue weighted by Gasteiger charge is -2.34. The van der Waals surface area contributed by atoms with Crippen molar-refractivity contribution in [3.05, 3.63) is 77.9 Å². The highest BCUT2D eigenvalue weighted by Crippen LogP contribution is 2.28. The zero-order valence-electron chi connectivity index (χ0n) is 23.9. The molecule has 0 bridgehead atoms. The second-order valence-corrected chi connectivity index (χ2v) is 10.9. The summed E-state index contributed by atoms with van der Waals surface area (Å²) in [5, 5.41) is 7.79. The topological polar surface area (TPSA) is 87.7 Å². The predicted octanol–water partition coefficient (Wildman–Crippen LogP) is 6.76. The van der Waals surface area contributed by atoms with Crippen molar-refractivity contribution in [3.63, 3.8) is 0 Å². The fourth-order valence-electron chi connectivity index (χ4n) is 4.52. The summed E-state index contributed by atoms with van der Waals surface area (Å²) in [6.45, 7) is 11.3. The van der Waals surface area contributed by atoms with Gasteiger partial charge in [-0.2, -0.15) is 0 Å². The number of amides is 3. The van der Waals surface area contributed by atoms with E-state index in [0.29, 0.717) is 12.2 Å². The van der Waals surface area contributed by atoms with Crippen LogP contribution in [-0.4, -0.2) is 41.0 Å². The van der Waals surface area contributed by atoms with Crippen molar-refractivity contribution in [2.24, 2.45) is 0 Å². The molecule has 208 valence electrons. The molecule has 0 radical (unpaired) electrons. The van der Waals surface area contributed by atoms with E-state index in [4.69, 9.17) is 4.74 Å². The molecule has 3 rings (SSSR count). The first-order valence-electron chi connectivity index (χ1n) is 13.7. The van der Waals surface area contributed by atoms with Gasteiger partial charge in [0.15, 0.2) is 0 Å². The maximum atomic E-state index is 14.0. The van der Waals surface area contributed by atoms with E-state index in [2.05, 4.69) is 17.6 Å². The Kier molecular flexibility index (Phi) is 10.1. The second-order valence-electron chi connectivity index (χ2n) is 10.9. The van der Waals surface area contributed by atoms with Gasteiger partial charge in [0, 0.05) is 12.2 Å². The number of carbonyl (C=O) groups is 3. The number of rotatable bonds is 10. The first-order chi connectivity index (χ1) is 18.5. The number of ether oxygens (including phenoxy) is 1. The number of benzene rings is 3. The Hall–Kier alpha value is -3.87. The fraction of sp³-hybridized carbons (Fsp3) is 0.406. The van der Waals surface area contributed by atoms with Crippen molar-refractivity contribution in [2.45, 2.75) is 78.5 Å². The summed E-state index contributed by atoms with van der Waals surface area (Å²) in [7, 11) is 0. The molecule has 0 aromatic heterocycles. The number of unbranched alkanes of at least 4 members (excludes halogenated alkanes) is 2.